The molecule has 4 nitrogen and oxygen atoms in total. The molecule has 2 N–H and O–H groups in total. The van der Waals surface area contributed by atoms with Crippen LogP contribution in [0.15, 0.2) is 23.7 Å². The summed E-state index contributed by atoms with van der Waals surface area (Å²) in [6.07, 6.45) is 5.38. The Kier molecular flexibility index (Phi) is 4.73. The van der Waals surface area contributed by atoms with Crippen molar-refractivity contribution in [2.45, 2.75) is 58.2 Å². The summed E-state index contributed by atoms with van der Waals surface area (Å²) in [6.45, 7) is 7.38. The molecule has 124 valence electrons. The third-order valence-electron chi connectivity index (χ3n) is 4.13. The van der Waals surface area contributed by atoms with Crippen molar-refractivity contribution in [3.63, 3.8) is 0 Å². The predicted octanol–water partition coefficient (Wildman–Crippen LogP) is 3.74. The minimum Gasteiger partial charge on any atom is -0.358 e. The summed E-state index contributed by atoms with van der Waals surface area (Å²) < 4.78 is 2.16. The SMILES string of the molecule is CC(C)(C)n1ncc2c1CCCC2NC(=S)NCc1cccs1. The van der Waals surface area contributed by atoms with Crippen molar-refractivity contribution in [2.24, 2.45) is 0 Å². The van der Waals surface area contributed by atoms with Gasteiger partial charge in [0.1, 0.15) is 0 Å². The molecular weight excluding hydrogens is 324 g/mol. The minimum atomic E-state index is 0.0212. The highest BCUT2D eigenvalue weighted by Crippen LogP contribution is 2.32. The van der Waals surface area contributed by atoms with Gasteiger partial charge in [-0.15, -0.1) is 11.3 Å². The van der Waals surface area contributed by atoms with Gasteiger partial charge in [-0.3, -0.25) is 4.68 Å². The van der Waals surface area contributed by atoms with Gasteiger partial charge in [0.15, 0.2) is 5.11 Å². The van der Waals surface area contributed by atoms with Crippen molar-refractivity contribution in [2.75, 3.05) is 0 Å². The lowest BCUT2D eigenvalue weighted by Gasteiger charge is -2.28. The van der Waals surface area contributed by atoms with Gasteiger partial charge in [0.2, 0.25) is 0 Å². The first-order chi connectivity index (χ1) is 10.9. The lowest BCUT2D eigenvalue weighted by Crippen LogP contribution is -2.38. The normalized spacial score (nSPS) is 17.6. The van der Waals surface area contributed by atoms with E-state index in [9.17, 15) is 0 Å². The Balaban J connectivity index is 1.66. The Morgan fingerprint density at radius 1 is 1.48 bits per heavy atom. The Morgan fingerprint density at radius 2 is 2.30 bits per heavy atom. The van der Waals surface area contributed by atoms with Gasteiger partial charge in [0, 0.05) is 16.1 Å². The van der Waals surface area contributed by atoms with E-state index in [0.29, 0.717) is 0 Å². The van der Waals surface area contributed by atoms with E-state index in [0.717, 1.165) is 24.5 Å². The lowest BCUT2D eigenvalue weighted by atomic mass is 9.92. The molecule has 2 heterocycles. The summed E-state index contributed by atoms with van der Waals surface area (Å²) in [7, 11) is 0. The third kappa shape index (κ3) is 3.75. The van der Waals surface area contributed by atoms with Crippen molar-refractivity contribution in [3.05, 3.63) is 39.8 Å². The zero-order valence-corrected chi connectivity index (χ0v) is 15.6. The first kappa shape index (κ1) is 16.5. The largest absolute Gasteiger partial charge is 0.358 e. The zero-order chi connectivity index (χ0) is 16.4. The van der Waals surface area contributed by atoms with Gasteiger partial charge in [-0.1, -0.05) is 6.07 Å². The van der Waals surface area contributed by atoms with Gasteiger partial charge in [-0.25, -0.2) is 0 Å². The number of nitrogens with one attached hydrogen (secondary N) is 2. The second-order valence-corrected chi connectivity index (χ2v) is 8.42. The van der Waals surface area contributed by atoms with Gasteiger partial charge in [-0.2, -0.15) is 5.10 Å². The molecule has 6 heteroatoms. The Morgan fingerprint density at radius 3 is 3.00 bits per heavy atom. The van der Waals surface area contributed by atoms with Crippen LogP contribution in [0.25, 0.3) is 0 Å². The van der Waals surface area contributed by atoms with E-state index in [4.69, 9.17) is 12.2 Å². The van der Waals surface area contributed by atoms with Crippen LogP contribution in [0.4, 0.5) is 0 Å². The Labute approximate surface area is 147 Å². The monoisotopic (exact) mass is 348 g/mol. The molecule has 0 spiro atoms. The quantitative estimate of drug-likeness (QED) is 0.829. The van der Waals surface area contributed by atoms with Crippen LogP contribution in [0, 0.1) is 0 Å². The molecule has 0 radical (unpaired) electrons. The van der Waals surface area contributed by atoms with Crippen LogP contribution in [0.1, 0.15) is 55.8 Å². The molecule has 1 unspecified atom stereocenters. The van der Waals surface area contributed by atoms with Gasteiger partial charge in [-0.05, 0) is 63.7 Å². The maximum absolute atomic E-state index is 5.47. The van der Waals surface area contributed by atoms with Crippen LogP contribution in [-0.2, 0) is 18.5 Å². The van der Waals surface area contributed by atoms with E-state index < -0.39 is 0 Å². The Bertz CT molecular complexity index is 667. The highest BCUT2D eigenvalue weighted by molar-refractivity contribution is 7.80. The van der Waals surface area contributed by atoms with E-state index >= 15 is 0 Å². The molecule has 0 saturated heterocycles. The van der Waals surface area contributed by atoms with Crippen molar-refractivity contribution >= 4 is 28.7 Å². The van der Waals surface area contributed by atoms with E-state index in [-0.39, 0.29) is 11.6 Å². The second kappa shape index (κ2) is 6.61. The number of aromatic nitrogens is 2. The summed E-state index contributed by atoms with van der Waals surface area (Å²) in [4.78, 5) is 1.29. The van der Waals surface area contributed by atoms with Crippen molar-refractivity contribution < 1.29 is 0 Å². The second-order valence-electron chi connectivity index (χ2n) is 6.98. The number of fused-ring (bicyclic) bond motifs is 1. The predicted molar refractivity (Wildman–Crippen MR) is 99.8 cm³/mol. The lowest BCUT2D eigenvalue weighted by molar-refractivity contribution is 0.336. The fraction of sp³-hybridized carbons (Fsp3) is 0.529. The molecule has 0 aliphatic heterocycles. The highest BCUT2D eigenvalue weighted by Gasteiger charge is 2.28. The molecule has 1 aliphatic carbocycles. The number of hydrogen-bond acceptors (Lipinski definition) is 3. The first-order valence-corrected chi connectivity index (χ1v) is 9.38. The molecule has 0 aromatic carbocycles. The zero-order valence-electron chi connectivity index (χ0n) is 13.9. The topological polar surface area (TPSA) is 41.9 Å². The maximum atomic E-state index is 5.47. The summed E-state index contributed by atoms with van der Waals surface area (Å²) >= 11 is 7.21. The van der Waals surface area contributed by atoms with Gasteiger partial charge < -0.3 is 10.6 Å². The standard InChI is InChI=1S/C17H24N4S2/c1-17(2,3)21-15-8-4-7-14(13(15)11-19-21)20-16(22)18-10-12-6-5-9-23-12/h5-6,9,11,14H,4,7-8,10H2,1-3H3,(H2,18,20,22). The molecule has 0 bridgehead atoms. The molecule has 2 aromatic heterocycles. The van der Waals surface area contributed by atoms with Crippen molar-refractivity contribution in [3.8, 4) is 0 Å². The molecular formula is C17H24N4S2. The number of rotatable bonds is 3. The molecule has 1 aliphatic rings. The smallest absolute Gasteiger partial charge is 0.167 e. The Hall–Kier alpha value is -1.40. The molecule has 0 amide bonds. The van der Waals surface area contributed by atoms with Crippen LogP contribution in [0.2, 0.25) is 0 Å². The number of thiocarbonyl (C=S) groups is 1. The minimum absolute atomic E-state index is 0.0212. The molecule has 1 atom stereocenters. The first-order valence-electron chi connectivity index (χ1n) is 8.09. The van der Waals surface area contributed by atoms with E-state index in [1.54, 1.807) is 11.3 Å². The van der Waals surface area contributed by atoms with E-state index in [1.165, 1.54) is 22.6 Å². The van der Waals surface area contributed by atoms with E-state index in [2.05, 4.69) is 58.7 Å². The summed E-state index contributed by atoms with van der Waals surface area (Å²) in [5.74, 6) is 0. The van der Waals surface area contributed by atoms with Crippen LogP contribution in [0.3, 0.4) is 0 Å². The van der Waals surface area contributed by atoms with E-state index in [1.807, 2.05) is 6.20 Å². The summed E-state index contributed by atoms with van der Waals surface area (Å²) in [5, 5.41) is 14.2. The van der Waals surface area contributed by atoms with Crippen molar-refractivity contribution in [1.29, 1.82) is 0 Å². The van der Waals surface area contributed by atoms with Gasteiger partial charge in [0.05, 0.1) is 24.3 Å². The van der Waals surface area contributed by atoms with Crippen LogP contribution >= 0.6 is 23.6 Å². The number of nitrogens with zero attached hydrogens (tertiary/aromatic N) is 2. The average molecular weight is 349 g/mol. The van der Waals surface area contributed by atoms with Crippen LogP contribution in [-0.4, -0.2) is 14.9 Å². The van der Waals surface area contributed by atoms with Crippen LogP contribution < -0.4 is 10.6 Å². The molecule has 0 fully saturated rings. The van der Waals surface area contributed by atoms with Gasteiger partial charge in [0.25, 0.3) is 0 Å². The summed E-state index contributed by atoms with van der Waals surface area (Å²) in [5.41, 5.74) is 2.67. The van der Waals surface area contributed by atoms with Crippen molar-refractivity contribution in [1.82, 2.24) is 20.4 Å². The number of hydrogen-bond donors (Lipinski definition) is 2. The fourth-order valence-electron chi connectivity index (χ4n) is 3.07. The summed E-state index contributed by atoms with van der Waals surface area (Å²) in [6, 6.07) is 4.44. The molecule has 0 saturated carbocycles. The highest BCUT2D eigenvalue weighted by atomic mass is 32.1. The number of thiophene rings is 1. The fourth-order valence-corrected chi connectivity index (χ4v) is 3.93. The van der Waals surface area contributed by atoms with Gasteiger partial charge >= 0.3 is 0 Å². The van der Waals surface area contributed by atoms with Crippen LogP contribution in [0.5, 0.6) is 0 Å². The molecule has 2 aromatic rings. The third-order valence-corrected chi connectivity index (χ3v) is 5.27. The average Bonchev–Trinajstić information content (AvgIpc) is 3.14. The molecule has 3 rings (SSSR count). The molecule has 23 heavy (non-hydrogen) atoms. The maximum Gasteiger partial charge on any atom is 0.167 e.